The highest BCUT2D eigenvalue weighted by atomic mass is 35.5. The molecular weight excluding hydrogens is 621 g/mol. The molecule has 0 saturated carbocycles. The molecule has 0 aliphatic heterocycles. The molecule has 0 spiro atoms. The number of amides is 2. The van der Waals surface area contributed by atoms with Crippen LogP contribution in [0.5, 0.6) is 5.75 Å². The zero-order valence-electron chi connectivity index (χ0n) is 23.9. The molecule has 0 aromatic heterocycles. The van der Waals surface area contributed by atoms with Gasteiger partial charge >= 0.3 is 0 Å². The Morgan fingerprint density at radius 3 is 2.24 bits per heavy atom. The number of rotatable bonds is 13. The molecule has 1 N–H and O–H groups in total. The maximum Gasteiger partial charge on any atom is 0.264 e. The predicted molar refractivity (Wildman–Crippen MR) is 168 cm³/mol. The van der Waals surface area contributed by atoms with Crippen LogP contribution < -0.4 is 14.4 Å². The van der Waals surface area contributed by atoms with Crippen molar-refractivity contribution in [3.63, 3.8) is 0 Å². The summed E-state index contributed by atoms with van der Waals surface area (Å²) in [4.78, 5) is 28.4. The minimum absolute atomic E-state index is 0.00534. The average molecular weight is 655 g/mol. The lowest BCUT2D eigenvalue weighted by atomic mass is 10.1. The summed E-state index contributed by atoms with van der Waals surface area (Å²) in [6, 6.07) is 14.7. The molecule has 2 amide bonds. The third-order valence-corrected chi connectivity index (χ3v) is 9.47. The van der Waals surface area contributed by atoms with E-state index in [4.69, 9.17) is 39.5 Å². The zero-order chi connectivity index (χ0) is 31.0. The molecular formula is C30H34Cl3N3O5S. The number of nitrogens with one attached hydrogen (secondary N) is 1. The zero-order valence-corrected chi connectivity index (χ0v) is 26.9. The molecule has 3 aromatic rings. The van der Waals surface area contributed by atoms with Gasteiger partial charge in [0.15, 0.2) is 0 Å². The fourth-order valence-corrected chi connectivity index (χ4v) is 6.11. The Kier molecular flexibility index (Phi) is 11.9. The topological polar surface area (TPSA) is 96.0 Å². The van der Waals surface area contributed by atoms with Crippen LogP contribution >= 0.6 is 34.8 Å². The van der Waals surface area contributed by atoms with Crippen molar-refractivity contribution >= 4 is 62.3 Å². The molecule has 0 saturated heterocycles. The van der Waals surface area contributed by atoms with Gasteiger partial charge in [0.05, 0.1) is 32.8 Å². The number of carbonyl (C=O) groups excluding carboxylic acids is 2. The highest BCUT2D eigenvalue weighted by Gasteiger charge is 2.33. The number of halogens is 3. The third kappa shape index (κ3) is 8.31. The maximum atomic E-state index is 14.0. The standard InChI is InChI=1S/C30H34Cl3N3O5S/c1-5-6-15-34-30(38)21(3)35(18-22-9-13-25(31)26(32)16-22)29(37)19-36(23-10-14-28(41-4)27(33)17-23)42(39,40)24-11-7-20(2)8-12-24/h7-14,16-17,21H,5-6,15,18-19H2,1-4H3,(H,34,38)/t21-/m0/s1. The van der Waals surface area contributed by atoms with E-state index in [0.717, 1.165) is 22.7 Å². The second-order valence-electron chi connectivity index (χ2n) is 9.73. The number of ether oxygens (including phenoxy) is 1. The van der Waals surface area contributed by atoms with E-state index < -0.39 is 28.5 Å². The van der Waals surface area contributed by atoms with Crippen molar-refractivity contribution in [3.8, 4) is 5.75 Å². The van der Waals surface area contributed by atoms with Gasteiger partial charge in [-0.25, -0.2) is 8.42 Å². The van der Waals surface area contributed by atoms with Gasteiger partial charge in [-0.1, -0.05) is 71.9 Å². The largest absolute Gasteiger partial charge is 0.495 e. The summed E-state index contributed by atoms with van der Waals surface area (Å²) in [6.45, 7) is 5.28. The minimum atomic E-state index is -4.24. The molecule has 0 heterocycles. The molecule has 226 valence electrons. The monoisotopic (exact) mass is 653 g/mol. The van der Waals surface area contributed by atoms with Crippen LogP contribution in [0.15, 0.2) is 65.6 Å². The van der Waals surface area contributed by atoms with Gasteiger partial charge in [-0.3, -0.25) is 13.9 Å². The molecule has 0 aliphatic carbocycles. The van der Waals surface area contributed by atoms with Crippen LogP contribution in [0.4, 0.5) is 5.69 Å². The van der Waals surface area contributed by atoms with Crippen molar-refractivity contribution in [3.05, 3.63) is 86.9 Å². The number of nitrogens with zero attached hydrogens (tertiary/aromatic N) is 2. The smallest absolute Gasteiger partial charge is 0.264 e. The molecule has 12 heteroatoms. The number of sulfonamides is 1. The second kappa shape index (κ2) is 15.0. The Hall–Kier alpha value is -2.98. The lowest BCUT2D eigenvalue weighted by Gasteiger charge is -2.32. The second-order valence-corrected chi connectivity index (χ2v) is 12.8. The average Bonchev–Trinajstić information content (AvgIpc) is 2.96. The van der Waals surface area contributed by atoms with Crippen molar-refractivity contribution in [2.75, 3.05) is 24.5 Å². The van der Waals surface area contributed by atoms with E-state index in [9.17, 15) is 18.0 Å². The van der Waals surface area contributed by atoms with E-state index in [-0.39, 0.29) is 33.1 Å². The predicted octanol–water partition coefficient (Wildman–Crippen LogP) is 6.49. The maximum absolute atomic E-state index is 14.0. The Bertz CT molecular complexity index is 1520. The van der Waals surface area contributed by atoms with Gasteiger partial charge in [0.1, 0.15) is 18.3 Å². The minimum Gasteiger partial charge on any atom is -0.495 e. The van der Waals surface area contributed by atoms with Crippen LogP contribution in [-0.4, -0.2) is 51.4 Å². The first kappa shape index (κ1) is 33.5. The van der Waals surface area contributed by atoms with E-state index in [1.54, 1.807) is 37.3 Å². The molecule has 42 heavy (non-hydrogen) atoms. The van der Waals surface area contributed by atoms with Crippen LogP contribution in [0.3, 0.4) is 0 Å². The molecule has 8 nitrogen and oxygen atoms in total. The van der Waals surface area contributed by atoms with E-state index in [1.165, 1.54) is 42.3 Å². The number of aryl methyl sites for hydroxylation is 1. The number of benzene rings is 3. The van der Waals surface area contributed by atoms with Crippen molar-refractivity contribution in [1.29, 1.82) is 0 Å². The molecule has 3 aromatic carbocycles. The fraction of sp³-hybridized carbons (Fsp3) is 0.333. The van der Waals surface area contributed by atoms with E-state index in [0.29, 0.717) is 22.9 Å². The van der Waals surface area contributed by atoms with Crippen LogP contribution in [0.2, 0.25) is 15.1 Å². The summed E-state index contributed by atoms with van der Waals surface area (Å²) in [5.74, 6) is -0.628. The number of hydrogen-bond acceptors (Lipinski definition) is 5. The number of methoxy groups -OCH3 is 1. The van der Waals surface area contributed by atoms with Gasteiger partial charge in [-0.2, -0.15) is 0 Å². The first-order valence-corrected chi connectivity index (χ1v) is 15.9. The highest BCUT2D eigenvalue weighted by molar-refractivity contribution is 7.92. The summed E-state index contributed by atoms with van der Waals surface area (Å²) in [5, 5.41) is 3.65. The number of hydrogen-bond donors (Lipinski definition) is 1. The lowest BCUT2D eigenvalue weighted by molar-refractivity contribution is -0.139. The van der Waals surface area contributed by atoms with Crippen molar-refractivity contribution < 1.29 is 22.7 Å². The number of carbonyl (C=O) groups is 2. The first-order chi connectivity index (χ1) is 19.9. The number of anilines is 1. The van der Waals surface area contributed by atoms with Crippen molar-refractivity contribution in [2.45, 2.75) is 51.1 Å². The van der Waals surface area contributed by atoms with Gasteiger partial charge in [0.2, 0.25) is 11.8 Å². The van der Waals surface area contributed by atoms with Crippen LogP contribution in [0, 0.1) is 6.92 Å². The summed E-state index contributed by atoms with van der Waals surface area (Å²) < 4.78 is 34.1. The van der Waals surface area contributed by atoms with Crippen molar-refractivity contribution in [2.24, 2.45) is 0 Å². The van der Waals surface area contributed by atoms with Crippen molar-refractivity contribution in [1.82, 2.24) is 10.2 Å². The number of unbranched alkanes of at least 4 members (excludes halogenated alkanes) is 1. The SMILES string of the molecule is CCCCNC(=O)[C@H](C)N(Cc1ccc(Cl)c(Cl)c1)C(=O)CN(c1ccc(OC)c(Cl)c1)S(=O)(=O)c1ccc(C)cc1. The molecule has 0 aliphatic rings. The van der Waals surface area contributed by atoms with Gasteiger partial charge < -0.3 is 15.0 Å². The molecule has 0 bridgehead atoms. The Morgan fingerprint density at radius 2 is 1.64 bits per heavy atom. The van der Waals surface area contributed by atoms with Gasteiger partial charge in [-0.15, -0.1) is 0 Å². The van der Waals surface area contributed by atoms with Gasteiger partial charge in [0.25, 0.3) is 10.0 Å². The summed E-state index contributed by atoms with van der Waals surface area (Å²) in [5.41, 5.74) is 1.65. The van der Waals surface area contributed by atoms with Crippen LogP contribution in [0.1, 0.15) is 37.8 Å². The summed E-state index contributed by atoms with van der Waals surface area (Å²) in [6.07, 6.45) is 1.66. The van der Waals surface area contributed by atoms with E-state index in [1.807, 2.05) is 13.8 Å². The highest BCUT2D eigenvalue weighted by Crippen LogP contribution is 2.32. The lowest BCUT2D eigenvalue weighted by Crippen LogP contribution is -2.51. The fourth-order valence-electron chi connectivity index (χ4n) is 4.13. The summed E-state index contributed by atoms with van der Waals surface area (Å²) >= 11 is 18.7. The molecule has 0 radical (unpaired) electrons. The molecule has 0 unspecified atom stereocenters. The van der Waals surface area contributed by atoms with Crippen LogP contribution in [-0.2, 0) is 26.2 Å². The molecule has 3 rings (SSSR count). The Labute approximate surface area is 262 Å². The molecule has 1 atom stereocenters. The third-order valence-electron chi connectivity index (χ3n) is 6.64. The Balaban J connectivity index is 2.05. The van der Waals surface area contributed by atoms with Gasteiger partial charge in [-0.05, 0) is 68.3 Å². The normalized spacial score (nSPS) is 12.0. The quantitative estimate of drug-likeness (QED) is 0.213. The first-order valence-electron chi connectivity index (χ1n) is 13.3. The van der Waals surface area contributed by atoms with Crippen LogP contribution in [0.25, 0.3) is 0 Å². The van der Waals surface area contributed by atoms with E-state index >= 15 is 0 Å². The summed E-state index contributed by atoms with van der Waals surface area (Å²) in [7, 11) is -2.79. The molecule has 0 fully saturated rings. The van der Waals surface area contributed by atoms with E-state index in [2.05, 4.69) is 5.32 Å². The Morgan fingerprint density at radius 1 is 0.952 bits per heavy atom. The van der Waals surface area contributed by atoms with Gasteiger partial charge in [0, 0.05) is 13.1 Å².